The Balaban J connectivity index is 2.41. The predicted molar refractivity (Wildman–Crippen MR) is 137 cm³/mol. The van der Waals surface area contributed by atoms with E-state index in [2.05, 4.69) is 5.32 Å². The predicted octanol–water partition coefficient (Wildman–Crippen LogP) is 4.14. The van der Waals surface area contributed by atoms with Gasteiger partial charge in [0, 0.05) is 17.6 Å². The molecule has 186 valence electrons. The molecule has 0 saturated heterocycles. The molecule has 0 aliphatic heterocycles. The number of sulfonamides is 1. The Morgan fingerprint density at radius 2 is 1.59 bits per heavy atom. The third-order valence-electron chi connectivity index (χ3n) is 5.65. The molecule has 0 unspecified atom stereocenters. The largest absolute Gasteiger partial charge is 0.352 e. The lowest BCUT2D eigenvalue weighted by Crippen LogP contribution is -2.53. The number of halogens is 1. The van der Waals surface area contributed by atoms with Crippen molar-refractivity contribution in [3.05, 3.63) is 64.7 Å². The number of nitrogens with one attached hydrogen (secondary N) is 1. The van der Waals surface area contributed by atoms with Gasteiger partial charge in [0.15, 0.2) is 0 Å². The highest BCUT2D eigenvalue weighted by molar-refractivity contribution is 7.92. The van der Waals surface area contributed by atoms with Crippen LogP contribution in [0, 0.1) is 6.92 Å². The van der Waals surface area contributed by atoms with E-state index in [-0.39, 0.29) is 18.5 Å². The molecule has 0 fully saturated rings. The second kappa shape index (κ2) is 12.2. The standard InChI is InChI=1S/C25H34ClN3O4S/c1-6-19(4)27-25(31)23(7-2)28(16-20-10-12-21(26)13-11-20)24(30)17-29(34(5,32)33)22-14-8-18(3)9-15-22/h8-15,19,23H,6-7,16-17H2,1-5H3,(H,27,31)/t19-,23+/m0/s1. The molecule has 0 aromatic heterocycles. The number of aryl methyl sites for hydroxylation is 1. The van der Waals surface area contributed by atoms with E-state index in [0.717, 1.165) is 28.1 Å². The number of carbonyl (C=O) groups is 2. The molecule has 0 bridgehead atoms. The fraction of sp³-hybridized carbons (Fsp3) is 0.440. The van der Waals surface area contributed by atoms with Gasteiger partial charge in [-0.3, -0.25) is 13.9 Å². The lowest BCUT2D eigenvalue weighted by Gasteiger charge is -2.33. The van der Waals surface area contributed by atoms with Gasteiger partial charge in [0.25, 0.3) is 0 Å². The summed E-state index contributed by atoms with van der Waals surface area (Å²) in [5.41, 5.74) is 2.15. The van der Waals surface area contributed by atoms with Crippen molar-refractivity contribution < 1.29 is 18.0 Å². The molecule has 1 N–H and O–H groups in total. The summed E-state index contributed by atoms with van der Waals surface area (Å²) in [4.78, 5) is 28.1. The molecule has 0 radical (unpaired) electrons. The first-order valence-corrected chi connectivity index (χ1v) is 13.6. The number of hydrogen-bond donors (Lipinski definition) is 1. The minimum atomic E-state index is -3.75. The highest BCUT2D eigenvalue weighted by Crippen LogP contribution is 2.21. The molecule has 9 heteroatoms. The van der Waals surface area contributed by atoms with Crippen molar-refractivity contribution in [1.82, 2.24) is 10.2 Å². The number of rotatable bonds is 11. The Morgan fingerprint density at radius 3 is 2.09 bits per heavy atom. The number of nitrogens with zero attached hydrogens (tertiary/aromatic N) is 2. The van der Waals surface area contributed by atoms with Gasteiger partial charge in [0.1, 0.15) is 12.6 Å². The van der Waals surface area contributed by atoms with Crippen molar-refractivity contribution in [1.29, 1.82) is 0 Å². The van der Waals surface area contributed by atoms with Crippen LogP contribution in [-0.4, -0.2) is 50.0 Å². The summed E-state index contributed by atoms with van der Waals surface area (Å²) in [6, 6.07) is 13.1. The second-order valence-electron chi connectivity index (χ2n) is 8.50. The molecular weight excluding hydrogens is 474 g/mol. The van der Waals surface area contributed by atoms with Crippen LogP contribution in [-0.2, 0) is 26.2 Å². The molecule has 0 spiro atoms. The number of benzene rings is 2. The molecule has 2 rings (SSSR count). The highest BCUT2D eigenvalue weighted by Gasteiger charge is 2.32. The first-order chi connectivity index (χ1) is 16.0. The quantitative estimate of drug-likeness (QED) is 0.495. The van der Waals surface area contributed by atoms with Crippen LogP contribution in [0.4, 0.5) is 5.69 Å². The molecule has 2 atom stereocenters. The first-order valence-electron chi connectivity index (χ1n) is 11.3. The van der Waals surface area contributed by atoms with Crippen molar-refractivity contribution in [3.63, 3.8) is 0 Å². The fourth-order valence-corrected chi connectivity index (χ4v) is 4.45. The van der Waals surface area contributed by atoms with E-state index >= 15 is 0 Å². The monoisotopic (exact) mass is 507 g/mol. The Morgan fingerprint density at radius 1 is 1.00 bits per heavy atom. The zero-order valence-corrected chi connectivity index (χ0v) is 22.0. The van der Waals surface area contributed by atoms with Crippen molar-refractivity contribution in [2.24, 2.45) is 0 Å². The summed E-state index contributed by atoms with van der Waals surface area (Å²) in [5.74, 6) is -0.729. The molecule has 0 aliphatic rings. The summed E-state index contributed by atoms with van der Waals surface area (Å²) in [5, 5.41) is 3.51. The normalized spacial score (nSPS) is 13.1. The van der Waals surface area contributed by atoms with Crippen molar-refractivity contribution in [2.45, 2.75) is 59.2 Å². The van der Waals surface area contributed by atoms with Crippen LogP contribution in [0.25, 0.3) is 0 Å². The zero-order valence-electron chi connectivity index (χ0n) is 20.4. The fourth-order valence-electron chi connectivity index (χ4n) is 3.47. The molecule has 2 amide bonds. The summed E-state index contributed by atoms with van der Waals surface area (Å²) in [6.07, 6.45) is 2.20. The number of hydrogen-bond acceptors (Lipinski definition) is 4. The van der Waals surface area contributed by atoms with Crippen LogP contribution in [0.15, 0.2) is 48.5 Å². The lowest BCUT2D eigenvalue weighted by atomic mass is 10.1. The zero-order chi connectivity index (χ0) is 25.5. The summed E-state index contributed by atoms with van der Waals surface area (Å²) < 4.78 is 26.3. The van der Waals surface area contributed by atoms with Gasteiger partial charge in [-0.2, -0.15) is 0 Å². The molecule has 0 aliphatic carbocycles. The molecule has 7 nitrogen and oxygen atoms in total. The molecular formula is C25H34ClN3O4S. The maximum absolute atomic E-state index is 13.6. The van der Waals surface area contributed by atoms with E-state index in [1.165, 1.54) is 4.90 Å². The van der Waals surface area contributed by atoms with E-state index < -0.39 is 28.5 Å². The third-order valence-corrected chi connectivity index (χ3v) is 7.05. The highest BCUT2D eigenvalue weighted by atomic mass is 35.5. The number of amides is 2. The number of carbonyl (C=O) groups excluding carboxylic acids is 2. The van der Waals surface area contributed by atoms with Gasteiger partial charge in [-0.15, -0.1) is 0 Å². The van der Waals surface area contributed by atoms with Gasteiger partial charge in [-0.05, 0) is 56.5 Å². The van der Waals surface area contributed by atoms with Gasteiger partial charge in [-0.25, -0.2) is 8.42 Å². The molecule has 0 heterocycles. The smallest absolute Gasteiger partial charge is 0.244 e. The third kappa shape index (κ3) is 7.74. The van der Waals surface area contributed by atoms with Gasteiger partial charge >= 0.3 is 0 Å². The second-order valence-corrected chi connectivity index (χ2v) is 10.8. The van der Waals surface area contributed by atoms with E-state index in [0.29, 0.717) is 17.1 Å². The first kappa shape index (κ1) is 27.7. The van der Waals surface area contributed by atoms with E-state index in [9.17, 15) is 18.0 Å². The molecule has 34 heavy (non-hydrogen) atoms. The van der Waals surface area contributed by atoms with Crippen molar-refractivity contribution in [3.8, 4) is 0 Å². The van der Waals surface area contributed by atoms with Crippen LogP contribution in [0.3, 0.4) is 0 Å². The number of anilines is 1. The Kier molecular flexibility index (Phi) is 9.94. The van der Waals surface area contributed by atoms with E-state index in [4.69, 9.17) is 11.6 Å². The van der Waals surface area contributed by atoms with E-state index in [1.807, 2.05) is 27.7 Å². The molecule has 2 aromatic rings. The minimum Gasteiger partial charge on any atom is -0.352 e. The topological polar surface area (TPSA) is 86.8 Å². The van der Waals surface area contributed by atoms with Crippen LogP contribution in [0.5, 0.6) is 0 Å². The molecule has 0 saturated carbocycles. The lowest BCUT2D eigenvalue weighted by molar-refractivity contribution is -0.140. The maximum Gasteiger partial charge on any atom is 0.244 e. The SMILES string of the molecule is CC[C@H](C(=O)N[C@@H](C)CC)N(Cc1ccc(Cl)cc1)C(=O)CN(c1ccc(C)cc1)S(C)(=O)=O. The average molecular weight is 508 g/mol. The Hall–Kier alpha value is -2.58. The van der Waals surface area contributed by atoms with Crippen LogP contribution in [0.2, 0.25) is 5.02 Å². The maximum atomic E-state index is 13.6. The minimum absolute atomic E-state index is 0.0471. The average Bonchev–Trinajstić information content (AvgIpc) is 2.78. The van der Waals surface area contributed by atoms with Crippen LogP contribution in [0.1, 0.15) is 44.7 Å². The summed E-state index contributed by atoms with van der Waals surface area (Å²) in [7, 11) is -3.75. The van der Waals surface area contributed by atoms with Crippen molar-refractivity contribution >= 4 is 39.1 Å². The van der Waals surface area contributed by atoms with Gasteiger partial charge in [0.2, 0.25) is 21.8 Å². The van der Waals surface area contributed by atoms with E-state index in [1.54, 1.807) is 48.5 Å². The van der Waals surface area contributed by atoms with Gasteiger partial charge < -0.3 is 10.2 Å². The summed E-state index contributed by atoms with van der Waals surface area (Å²) >= 11 is 6.00. The Labute approximate surface area is 208 Å². The van der Waals surface area contributed by atoms with Crippen LogP contribution < -0.4 is 9.62 Å². The van der Waals surface area contributed by atoms with Crippen molar-refractivity contribution in [2.75, 3.05) is 17.1 Å². The van der Waals surface area contributed by atoms with Crippen LogP contribution >= 0.6 is 11.6 Å². The Bertz CT molecular complexity index is 1070. The molecule has 2 aromatic carbocycles. The summed E-state index contributed by atoms with van der Waals surface area (Å²) in [6.45, 7) is 7.33. The van der Waals surface area contributed by atoms with Gasteiger partial charge in [-0.1, -0.05) is 55.3 Å². The van der Waals surface area contributed by atoms with Gasteiger partial charge in [0.05, 0.1) is 11.9 Å².